The molecule has 0 saturated carbocycles. The van der Waals surface area contributed by atoms with E-state index < -0.39 is 5.76 Å². The Morgan fingerprint density at radius 2 is 2.47 bits per heavy atom. The molecule has 0 saturated heterocycles. The second-order valence-electron chi connectivity index (χ2n) is 3.26. The van der Waals surface area contributed by atoms with Gasteiger partial charge in [0, 0.05) is 6.54 Å². The van der Waals surface area contributed by atoms with Gasteiger partial charge in [0.25, 0.3) is 5.89 Å². The maximum absolute atomic E-state index is 11.4. The molecule has 90 valence electrons. The van der Waals surface area contributed by atoms with Gasteiger partial charge >= 0.3 is 5.76 Å². The molecule has 0 radical (unpaired) electrons. The Morgan fingerprint density at radius 1 is 1.65 bits per heavy atom. The van der Waals surface area contributed by atoms with E-state index >= 15 is 0 Å². The van der Waals surface area contributed by atoms with Crippen LogP contribution in [0.25, 0.3) is 10.8 Å². The third-order valence-corrected chi connectivity index (χ3v) is 2.86. The summed E-state index contributed by atoms with van der Waals surface area (Å²) in [6.07, 6.45) is 0. The molecule has 17 heavy (non-hydrogen) atoms. The predicted molar refractivity (Wildman–Crippen MR) is 62.8 cm³/mol. The summed E-state index contributed by atoms with van der Waals surface area (Å²) in [6.45, 7) is 2.20. The molecule has 0 atom stereocenters. The molecule has 0 aromatic carbocycles. The molecule has 0 aliphatic heterocycles. The zero-order chi connectivity index (χ0) is 12.3. The molecule has 0 spiro atoms. The van der Waals surface area contributed by atoms with Gasteiger partial charge < -0.3 is 9.73 Å². The number of nitrogens with zero attached hydrogens (tertiary/aromatic N) is 2. The standard InChI is InChI=1S/C10H11N3O3S/c1-2-11-8(14)6-13-10(15)16-9(12-13)7-4-3-5-17-7/h3-5H,2,6H2,1H3,(H,11,14). The Hall–Kier alpha value is -1.89. The van der Waals surface area contributed by atoms with Gasteiger partial charge in [0.15, 0.2) is 0 Å². The fourth-order valence-corrected chi connectivity index (χ4v) is 1.94. The van der Waals surface area contributed by atoms with Gasteiger partial charge in [0.05, 0.1) is 4.88 Å². The smallest absolute Gasteiger partial charge is 0.387 e. The Balaban J connectivity index is 2.20. The van der Waals surface area contributed by atoms with Crippen molar-refractivity contribution in [2.75, 3.05) is 6.54 Å². The van der Waals surface area contributed by atoms with Crippen LogP contribution < -0.4 is 11.1 Å². The van der Waals surface area contributed by atoms with Crippen LogP contribution in [-0.2, 0) is 11.3 Å². The Morgan fingerprint density at radius 3 is 3.12 bits per heavy atom. The molecule has 0 bridgehead atoms. The van der Waals surface area contributed by atoms with E-state index in [0.717, 1.165) is 9.56 Å². The number of thiophene rings is 1. The number of amides is 1. The first-order chi connectivity index (χ1) is 8.20. The number of carbonyl (C=O) groups excluding carboxylic acids is 1. The first-order valence-electron chi connectivity index (χ1n) is 5.09. The number of nitrogens with one attached hydrogen (secondary N) is 1. The molecule has 2 aromatic rings. The summed E-state index contributed by atoms with van der Waals surface area (Å²) >= 11 is 1.42. The van der Waals surface area contributed by atoms with Crippen LogP contribution in [0, 0.1) is 0 Å². The summed E-state index contributed by atoms with van der Waals surface area (Å²) in [5, 5.41) is 8.41. The van der Waals surface area contributed by atoms with E-state index in [1.165, 1.54) is 11.3 Å². The molecule has 2 aromatic heterocycles. The number of hydrogen-bond acceptors (Lipinski definition) is 5. The fraction of sp³-hybridized carbons (Fsp3) is 0.300. The molecule has 6 nitrogen and oxygen atoms in total. The van der Waals surface area contributed by atoms with Crippen LogP contribution in [0.5, 0.6) is 0 Å². The third kappa shape index (κ3) is 2.62. The highest BCUT2D eigenvalue weighted by atomic mass is 32.1. The summed E-state index contributed by atoms with van der Waals surface area (Å²) in [6, 6.07) is 3.63. The van der Waals surface area contributed by atoms with Crippen molar-refractivity contribution in [3.8, 4) is 10.8 Å². The van der Waals surface area contributed by atoms with Crippen molar-refractivity contribution in [3.63, 3.8) is 0 Å². The number of hydrogen-bond donors (Lipinski definition) is 1. The monoisotopic (exact) mass is 253 g/mol. The highest BCUT2D eigenvalue weighted by molar-refractivity contribution is 7.13. The minimum atomic E-state index is -0.625. The predicted octanol–water partition coefficient (Wildman–Crippen LogP) is 0.701. The first-order valence-corrected chi connectivity index (χ1v) is 5.97. The molecule has 1 N–H and O–H groups in total. The first kappa shape index (κ1) is 11.6. The molecule has 1 amide bonds. The van der Waals surface area contributed by atoms with Gasteiger partial charge in [0.1, 0.15) is 6.54 Å². The van der Waals surface area contributed by atoms with Crippen molar-refractivity contribution in [2.24, 2.45) is 0 Å². The average molecular weight is 253 g/mol. The third-order valence-electron chi connectivity index (χ3n) is 2.01. The van der Waals surface area contributed by atoms with Crippen LogP contribution in [0.2, 0.25) is 0 Å². The quantitative estimate of drug-likeness (QED) is 0.870. The minimum Gasteiger partial charge on any atom is -0.387 e. The van der Waals surface area contributed by atoms with E-state index in [-0.39, 0.29) is 18.3 Å². The van der Waals surface area contributed by atoms with Crippen LogP contribution in [0.1, 0.15) is 6.92 Å². The summed E-state index contributed by atoms with van der Waals surface area (Å²) in [5.41, 5.74) is 0. The fourth-order valence-electron chi connectivity index (χ4n) is 1.30. The summed E-state index contributed by atoms with van der Waals surface area (Å²) in [4.78, 5) is 23.5. The second-order valence-corrected chi connectivity index (χ2v) is 4.21. The van der Waals surface area contributed by atoms with Crippen LogP contribution >= 0.6 is 11.3 Å². The van der Waals surface area contributed by atoms with Gasteiger partial charge in [-0.05, 0) is 18.4 Å². The number of rotatable bonds is 4. The zero-order valence-electron chi connectivity index (χ0n) is 9.17. The van der Waals surface area contributed by atoms with E-state index in [0.29, 0.717) is 6.54 Å². The van der Waals surface area contributed by atoms with Crippen molar-refractivity contribution >= 4 is 17.2 Å². The zero-order valence-corrected chi connectivity index (χ0v) is 9.99. The van der Waals surface area contributed by atoms with E-state index in [9.17, 15) is 9.59 Å². The van der Waals surface area contributed by atoms with Crippen molar-refractivity contribution in [1.29, 1.82) is 0 Å². The van der Waals surface area contributed by atoms with Crippen LogP contribution in [0.3, 0.4) is 0 Å². The molecule has 0 fully saturated rings. The van der Waals surface area contributed by atoms with E-state index in [1.807, 2.05) is 11.4 Å². The average Bonchev–Trinajstić information content (AvgIpc) is 2.89. The van der Waals surface area contributed by atoms with Gasteiger partial charge in [-0.15, -0.1) is 16.4 Å². The topological polar surface area (TPSA) is 77.1 Å². The Bertz CT molecular complexity index is 556. The molecular weight excluding hydrogens is 242 g/mol. The van der Waals surface area contributed by atoms with Crippen LogP contribution in [0.4, 0.5) is 0 Å². The van der Waals surface area contributed by atoms with Gasteiger partial charge in [-0.3, -0.25) is 4.79 Å². The van der Waals surface area contributed by atoms with Gasteiger partial charge in [-0.1, -0.05) is 6.07 Å². The second kappa shape index (κ2) is 4.96. The maximum Gasteiger partial charge on any atom is 0.437 e. The summed E-state index contributed by atoms with van der Waals surface area (Å²) < 4.78 is 5.98. The van der Waals surface area contributed by atoms with Crippen molar-refractivity contribution < 1.29 is 9.21 Å². The lowest BCUT2D eigenvalue weighted by Crippen LogP contribution is -2.31. The number of carbonyl (C=O) groups is 1. The Kier molecular flexibility index (Phi) is 3.38. The normalized spacial score (nSPS) is 10.4. The molecule has 2 rings (SSSR count). The molecule has 0 aliphatic rings. The van der Waals surface area contributed by atoms with E-state index in [1.54, 1.807) is 13.0 Å². The largest absolute Gasteiger partial charge is 0.437 e. The van der Waals surface area contributed by atoms with Crippen LogP contribution in [-0.4, -0.2) is 22.2 Å². The Labute approximate surface area is 101 Å². The molecule has 0 unspecified atom stereocenters. The van der Waals surface area contributed by atoms with Crippen molar-refractivity contribution in [3.05, 3.63) is 28.1 Å². The SMILES string of the molecule is CCNC(=O)Cn1nc(-c2cccs2)oc1=O. The van der Waals surface area contributed by atoms with Gasteiger partial charge in [-0.25, -0.2) is 4.79 Å². The highest BCUT2D eigenvalue weighted by Crippen LogP contribution is 2.20. The summed E-state index contributed by atoms with van der Waals surface area (Å²) in [5.74, 6) is -0.644. The van der Waals surface area contributed by atoms with Gasteiger partial charge in [-0.2, -0.15) is 4.68 Å². The number of aromatic nitrogens is 2. The van der Waals surface area contributed by atoms with Gasteiger partial charge in [0.2, 0.25) is 5.91 Å². The molecule has 7 heteroatoms. The lowest BCUT2D eigenvalue weighted by Gasteiger charge is -1.98. The molecule has 2 heterocycles. The van der Waals surface area contributed by atoms with E-state index in [4.69, 9.17) is 4.42 Å². The minimum absolute atomic E-state index is 0.123. The van der Waals surface area contributed by atoms with E-state index in [2.05, 4.69) is 10.4 Å². The summed E-state index contributed by atoms with van der Waals surface area (Å²) in [7, 11) is 0. The van der Waals surface area contributed by atoms with Crippen molar-refractivity contribution in [1.82, 2.24) is 15.1 Å². The lowest BCUT2D eigenvalue weighted by molar-refractivity contribution is -0.121. The maximum atomic E-state index is 11.4. The molecule has 0 aliphatic carbocycles. The lowest BCUT2D eigenvalue weighted by atomic mass is 10.5. The van der Waals surface area contributed by atoms with Crippen molar-refractivity contribution in [2.45, 2.75) is 13.5 Å². The molecular formula is C10H11N3O3S. The highest BCUT2D eigenvalue weighted by Gasteiger charge is 2.13. The van der Waals surface area contributed by atoms with Crippen LogP contribution in [0.15, 0.2) is 26.7 Å². The number of likely N-dealkylation sites (N-methyl/N-ethyl adjacent to an activating group) is 1.